The minimum atomic E-state index is -1.01. The molecule has 0 aliphatic heterocycles. The maximum atomic E-state index is 12.1. The predicted molar refractivity (Wildman–Crippen MR) is 74.5 cm³/mol. The van der Waals surface area contributed by atoms with E-state index in [-0.39, 0.29) is 24.7 Å². The van der Waals surface area contributed by atoms with Gasteiger partial charge < -0.3 is 19.7 Å². The smallest absolute Gasteiger partial charge is 0.323 e. The third-order valence-electron chi connectivity index (χ3n) is 3.15. The van der Waals surface area contributed by atoms with Crippen molar-refractivity contribution in [3.05, 3.63) is 24.2 Å². The van der Waals surface area contributed by atoms with Crippen LogP contribution in [-0.2, 0) is 11.2 Å². The van der Waals surface area contributed by atoms with Crippen molar-refractivity contribution in [2.75, 3.05) is 6.54 Å². The minimum absolute atomic E-state index is 0.123. The van der Waals surface area contributed by atoms with Crippen LogP contribution in [0.5, 0.6) is 0 Å². The van der Waals surface area contributed by atoms with Crippen molar-refractivity contribution in [2.45, 2.75) is 45.7 Å². The topological polar surface area (TPSA) is 82.8 Å². The number of hydrogen-bond acceptors (Lipinski definition) is 3. The number of furan rings is 1. The molecule has 1 rings (SSSR count). The van der Waals surface area contributed by atoms with Crippen molar-refractivity contribution < 1.29 is 19.1 Å². The Morgan fingerprint density at radius 2 is 2.15 bits per heavy atom. The van der Waals surface area contributed by atoms with Crippen LogP contribution in [-0.4, -0.2) is 40.6 Å². The quantitative estimate of drug-likeness (QED) is 0.802. The average molecular weight is 282 g/mol. The van der Waals surface area contributed by atoms with Crippen molar-refractivity contribution >= 4 is 12.0 Å². The lowest BCUT2D eigenvalue weighted by molar-refractivity contribution is -0.138. The van der Waals surface area contributed by atoms with Crippen LogP contribution in [0.2, 0.25) is 0 Å². The zero-order valence-electron chi connectivity index (χ0n) is 12.1. The molecule has 112 valence electrons. The van der Waals surface area contributed by atoms with Crippen molar-refractivity contribution in [1.82, 2.24) is 10.2 Å². The molecule has 0 spiro atoms. The number of nitrogens with one attached hydrogen (secondary N) is 1. The fourth-order valence-corrected chi connectivity index (χ4v) is 1.87. The number of carbonyl (C=O) groups is 2. The zero-order chi connectivity index (χ0) is 15.1. The van der Waals surface area contributed by atoms with Gasteiger partial charge in [-0.3, -0.25) is 4.79 Å². The fourth-order valence-electron chi connectivity index (χ4n) is 1.87. The van der Waals surface area contributed by atoms with Crippen LogP contribution >= 0.6 is 0 Å². The summed E-state index contributed by atoms with van der Waals surface area (Å²) in [6, 6.07) is 3.02. The summed E-state index contributed by atoms with van der Waals surface area (Å²) in [4.78, 5) is 24.3. The van der Waals surface area contributed by atoms with E-state index in [9.17, 15) is 9.59 Å². The molecule has 2 N–H and O–H groups in total. The van der Waals surface area contributed by atoms with E-state index in [0.717, 1.165) is 5.76 Å². The summed E-state index contributed by atoms with van der Waals surface area (Å²) >= 11 is 0. The highest BCUT2D eigenvalue weighted by Crippen LogP contribution is 2.07. The molecule has 0 aliphatic rings. The molecule has 6 nitrogen and oxygen atoms in total. The van der Waals surface area contributed by atoms with Crippen LogP contribution in [0.3, 0.4) is 0 Å². The molecule has 2 amide bonds. The third kappa shape index (κ3) is 4.95. The van der Waals surface area contributed by atoms with E-state index in [4.69, 9.17) is 9.52 Å². The minimum Gasteiger partial charge on any atom is -0.480 e. The molecular formula is C14H22N2O4. The molecular weight excluding hydrogens is 260 g/mol. The molecule has 1 heterocycles. The third-order valence-corrected chi connectivity index (χ3v) is 3.15. The summed E-state index contributed by atoms with van der Waals surface area (Å²) in [7, 11) is 0. The Morgan fingerprint density at radius 3 is 2.65 bits per heavy atom. The molecule has 20 heavy (non-hydrogen) atoms. The number of aliphatic carboxylic acids is 1. The van der Waals surface area contributed by atoms with Gasteiger partial charge in [0.15, 0.2) is 0 Å². The van der Waals surface area contributed by atoms with Gasteiger partial charge in [0.2, 0.25) is 0 Å². The highest BCUT2D eigenvalue weighted by molar-refractivity contribution is 5.80. The van der Waals surface area contributed by atoms with E-state index in [1.807, 2.05) is 26.8 Å². The van der Waals surface area contributed by atoms with Gasteiger partial charge in [0.1, 0.15) is 12.3 Å². The van der Waals surface area contributed by atoms with Crippen molar-refractivity contribution in [3.8, 4) is 0 Å². The summed E-state index contributed by atoms with van der Waals surface area (Å²) in [6.45, 7) is 5.31. The molecule has 0 aromatic carbocycles. The molecule has 1 aromatic rings. The molecule has 0 radical (unpaired) electrons. The molecule has 0 bridgehead atoms. The number of rotatable bonds is 7. The molecule has 1 aromatic heterocycles. The Labute approximate surface area is 118 Å². The first kappa shape index (κ1) is 16.1. The highest BCUT2D eigenvalue weighted by atomic mass is 16.4. The number of nitrogens with zero attached hydrogens (tertiary/aromatic N) is 1. The molecule has 2 atom stereocenters. The fraction of sp³-hybridized carbons (Fsp3) is 0.571. The first-order valence-corrected chi connectivity index (χ1v) is 6.75. The van der Waals surface area contributed by atoms with Gasteiger partial charge >= 0.3 is 12.0 Å². The van der Waals surface area contributed by atoms with E-state index in [1.165, 1.54) is 4.90 Å². The summed E-state index contributed by atoms with van der Waals surface area (Å²) < 4.78 is 5.22. The molecule has 0 aliphatic carbocycles. The SMILES string of the molecule is CCC(C)N(CC(=O)O)C(=O)NC(C)Cc1ccco1. The molecule has 0 saturated carbocycles. The maximum absolute atomic E-state index is 12.1. The van der Waals surface area contributed by atoms with Crippen molar-refractivity contribution in [2.24, 2.45) is 0 Å². The highest BCUT2D eigenvalue weighted by Gasteiger charge is 2.22. The Bertz CT molecular complexity index is 430. The first-order chi connectivity index (χ1) is 9.43. The lowest BCUT2D eigenvalue weighted by atomic mass is 10.2. The van der Waals surface area contributed by atoms with Gasteiger partial charge in [0, 0.05) is 18.5 Å². The van der Waals surface area contributed by atoms with E-state index >= 15 is 0 Å². The molecule has 6 heteroatoms. The Morgan fingerprint density at radius 1 is 1.45 bits per heavy atom. The molecule has 0 saturated heterocycles. The van der Waals surface area contributed by atoms with Gasteiger partial charge in [-0.15, -0.1) is 0 Å². The second kappa shape index (κ2) is 7.57. The second-order valence-corrected chi connectivity index (χ2v) is 4.91. The summed E-state index contributed by atoms with van der Waals surface area (Å²) in [5, 5.41) is 11.7. The van der Waals surface area contributed by atoms with Crippen LogP contribution in [0, 0.1) is 0 Å². The standard InChI is InChI=1S/C14H22N2O4/c1-4-11(3)16(9-13(17)18)14(19)15-10(2)8-12-6-5-7-20-12/h5-7,10-11H,4,8-9H2,1-3H3,(H,15,19)(H,17,18). The monoisotopic (exact) mass is 282 g/mol. The Hall–Kier alpha value is -1.98. The van der Waals surface area contributed by atoms with Gasteiger partial charge in [0.05, 0.1) is 6.26 Å². The summed E-state index contributed by atoms with van der Waals surface area (Å²) in [6.07, 6.45) is 2.85. The number of amides is 2. The van der Waals surface area contributed by atoms with Gasteiger partial charge in [0.25, 0.3) is 0 Å². The normalized spacial score (nSPS) is 13.6. The second-order valence-electron chi connectivity index (χ2n) is 4.91. The van der Waals surface area contributed by atoms with Crippen molar-refractivity contribution in [1.29, 1.82) is 0 Å². The molecule has 2 unspecified atom stereocenters. The summed E-state index contributed by atoms with van der Waals surface area (Å²) in [5.41, 5.74) is 0. The van der Waals surface area contributed by atoms with Gasteiger partial charge in [-0.05, 0) is 32.4 Å². The van der Waals surface area contributed by atoms with Crippen LogP contribution in [0.15, 0.2) is 22.8 Å². The van der Waals surface area contributed by atoms with E-state index < -0.39 is 5.97 Å². The first-order valence-electron chi connectivity index (χ1n) is 6.75. The van der Waals surface area contributed by atoms with E-state index in [0.29, 0.717) is 12.8 Å². The van der Waals surface area contributed by atoms with Gasteiger partial charge in [-0.1, -0.05) is 6.92 Å². The van der Waals surface area contributed by atoms with E-state index in [2.05, 4.69) is 5.32 Å². The predicted octanol–water partition coefficient (Wildman–Crippen LogP) is 2.11. The van der Waals surface area contributed by atoms with Crippen molar-refractivity contribution in [3.63, 3.8) is 0 Å². The Kier molecular flexibility index (Phi) is 6.09. The van der Waals surface area contributed by atoms with Crippen LogP contribution < -0.4 is 5.32 Å². The zero-order valence-corrected chi connectivity index (χ0v) is 12.1. The van der Waals surface area contributed by atoms with Crippen LogP contribution in [0.1, 0.15) is 33.0 Å². The Balaban J connectivity index is 2.58. The number of urea groups is 1. The van der Waals surface area contributed by atoms with Crippen LogP contribution in [0.4, 0.5) is 4.79 Å². The molecule has 0 fully saturated rings. The lowest BCUT2D eigenvalue weighted by Gasteiger charge is -2.28. The number of carbonyl (C=O) groups excluding carboxylic acids is 1. The largest absolute Gasteiger partial charge is 0.480 e. The van der Waals surface area contributed by atoms with Gasteiger partial charge in [-0.2, -0.15) is 0 Å². The number of hydrogen-bond donors (Lipinski definition) is 2. The number of carboxylic acid groups (broad SMARTS) is 1. The summed E-state index contributed by atoms with van der Waals surface area (Å²) in [5.74, 6) is -0.231. The number of carboxylic acids is 1. The van der Waals surface area contributed by atoms with Crippen LogP contribution in [0.25, 0.3) is 0 Å². The van der Waals surface area contributed by atoms with E-state index in [1.54, 1.807) is 12.3 Å². The van der Waals surface area contributed by atoms with Gasteiger partial charge in [-0.25, -0.2) is 4.79 Å². The average Bonchev–Trinajstić information content (AvgIpc) is 2.87. The lowest BCUT2D eigenvalue weighted by Crippen LogP contribution is -2.50. The maximum Gasteiger partial charge on any atom is 0.323 e.